The number of hydrogen-bond acceptors (Lipinski definition) is 4. The van der Waals surface area contributed by atoms with E-state index in [0.29, 0.717) is 0 Å². The molecule has 0 saturated heterocycles. The molecule has 0 fully saturated rings. The number of aromatic nitrogens is 1. The van der Waals surface area contributed by atoms with E-state index in [4.69, 9.17) is 11.6 Å². The fourth-order valence-corrected chi connectivity index (χ4v) is 3.23. The quantitative estimate of drug-likeness (QED) is 0.665. The van der Waals surface area contributed by atoms with E-state index in [-0.39, 0.29) is 23.5 Å². The Kier molecular flexibility index (Phi) is 6.09. The van der Waals surface area contributed by atoms with E-state index < -0.39 is 52.1 Å². The number of aliphatic hydroxyl groups is 1. The molecule has 1 aromatic carbocycles. The number of halogens is 6. The van der Waals surface area contributed by atoms with Crippen LogP contribution in [0.5, 0.6) is 0 Å². The number of aliphatic hydroxyl groups excluding tert-OH is 1. The zero-order valence-electron chi connectivity index (χ0n) is 15.7. The Hall–Kier alpha value is -2.59. The Morgan fingerprint density at radius 3 is 2.43 bits per heavy atom. The van der Waals surface area contributed by atoms with Gasteiger partial charge in [0, 0.05) is 5.56 Å². The lowest BCUT2D eigenvalue weighted by Crippen LogP contribution is -2.25. The SMILES string of the molecule is CCC(O)N=C1Nc2cnc(C(F)(F)F)c(Cl)c2C(c2c(F)cccc2F)=NC1C. The van der Waals surface area contributed by atoms with Gasteiger partial charge in [-0.15, -0.1) is 0 Å². The highest BCUT2D eigenvalue weighted by atomic mass is 35.5. The zero-order chi connectivity index (χ0) is 22.2. The summed E-state index contributed by atoms with van der Waals surface area (Å²) < 4.78 is 69.2. The van der Waals surface area contributed by atoms with Crippen LogP contribution in [0.2, 0.25) is 5.02 Å². The molecule has 11 heteroatoms. The van der Waals surface area contributed by atoms with Gasteiger partial charge < -0.3 is 10.4 Å². The first-order valence-electron chi connectivity index (χ1n) is 8.85. The molecule has 0 spiro atoms. The third-order valence-corrected chi connectivity index (χ3v) is 4.73. The van der Waals surface area contributed by atoms with Crippen molar-refractivity contribution in [3.05, 3.63) is 57.9 Å². The largest absolute Gasteiger partial charge is 0.434 e. The van der Waals surface area contributed by atoms with Crippen LogP contribution in [0.15, 0.2) is 34.4 Å². The van der Waals surface area contributed by atoms with Gasteiger partial charge in [0.05, 0.1) is 28.2 Å². The molecule has 0 amide bonds. The van der Waals surface area contributed by atoms with E-state index in [9.17, 15) is 27.1 Å². The summed E-state index contributed by atoms with van der Waals surface area (Å²) in [7, 11) is 0. The minimum atomic E-state index is -4.90. The van der Waals surface area contributed by atoms with Crippen molar-refractivity contribution >= 4 is 28.8 Å². The van der Waals surface area contributed by atoms with Crippen LogP contribution >= 0.6 is 11.6 Å². The summed E-state index contributed by atoms with van der Waals surface area (Å²) in [6.45, 7) is 3.17. The third-order valence-electron chi connectivity index (χ3n) is 4.36. The average Bonchev–Trinajstić information content (AvgIpc) is 2.78. The molecule has 2 unspecified atom stereocenters. The van der Waals surface area contributed by atoms with Gasteiger partial charge in [0.1, 0.15) is 29.7 Å². The zero-order valence-corrected chi connectivity index (χ0v) is 16.5. The third kappa shape index (κ3) is 4.15. The molecular weight excluding hydrogens is 431 g/mol. The van der Waals surface area contributed by atoms with Gasteiger partial charge in [0.25, 0.3) is 0 Å². The van der Waals surface area contributed by atoms with E-state index in [1.54, 1.807) is 6.92 Å². The fraction of sp³-hybridized carbons (Fsp3) is 0.316. The summed E-state index contributed by atoms with van der Waals surface area (Å²) in [5.74, 6) is -1.97. The number of benzene rings is 1. The predicted molar refractivity (Wildman–Crippen MR) is 103 cm³/mol. The summed E-state index contributed by atoms with van der Waals surface area (Å²) in [6, 6.07) is 2.14. The minimum Gasteiger partial charge on any atom is -0.372 e. The van der Waals surface area contributed by atoms with E-state index in [2.05, 4.69) is 20.3 Å². The molecule has 0 saturated carbocycles. The maximum absolute atomic E-state index is 14.5. The molecule has 1 aliphatic rings. The van der Waals surface area contributed by atoms with Crippen molar-refractivity contribution in [2.45, 2.75) is 38.7 Å². The smallest absolute Gasteiger partial charge is 0.372 e. The maximum atomic E-state index is 14.5. The molecule has 2 atom stereocenters. The number of anilines is 1. The highest BCUT2D eigenvalue weighted by molar-refractivity contribution is 6.37. The van der Waals surface area contributed by atoms with E-state index in [0.717, 1.165) is 24.4 Å². The van der Waals surface area contributed by atoms with Crippen molar-refractivity contribution in [1.82, 2.24) is 4.98 Å². The Morgan fingerprint density at radius 1 is 1.23 bits per heavy atom. The molecule has 2 N–H and O–H groups in total. The van der Waals surface area contributed by atoms with Crippen molar-refractivity contribution < 1.29 is 27.1 Å². The number of aliphatic imine (C=N–C) groups is 2. The summed E-state index contributed by atoms with van der Waals surface area (Å²) in [4.78, 5) is 11.6. The van der Waals surface area contributed by atoms with Gasteiger partial charge in [-0.1, -0.05) is 24.6 Å². The second kappa shape index (κ2) is 8.27. The molecule has 160 valence electrons. The molecule has 1 aromatic heterocycles. The summed E-state index contributed by atoms with van der Waals surface area (Å²) >= 11 is 6.02. The Labute approximate surface area is 173 Å². The number of rotatable bonds is 3. The lowest BCUT2D eigenvalue weighted by molar-refractivity contribution is -0.141. The molecule has 2 aromatic rings. The number of nitrogens with zero attached hydrogens (tertiary/aromatic N) is 3. The molecule has 5 nitrogen and oxygen atoms in total. The number of amidine groups is 1. The van der Waals surface area contributed by atoms with Crippen LogP contribution in [0.1, 0.15) is 37.1 Å². The Bertz CT molecular complexity index is 1020. The number of alkyl halides is 3. The first-order chi connectivity index (χ1) is 14.0. The molecular formula is C19H16ClF5N4O. The first kappa shape index (κ1) is 22.1. The van der Waals surface area contributed by atoms with Crippen molar-refractivity contribution in [2.75, 3.05) is 5.32 Å². The van der Waals surface area contributed by atoms with Crippen molar-refractivity contribution in [3.63, 3.8) is 0 Å². The van der Waals surface area contributed by atoms with Crippen molar-refractivity contribution in [3.8, 4) is 0 Å². The molecule has 2 heterocycles. The maximum Gasteiger partial charge on any atom is 0.434 e. The van der Waals surface area contributed by atoms with Gasteiger partial charge in [-0.3, -0.25) is 4.99 Å². The van der Waals surface area contributed by atoms with Crippen LogP contribution < -0.4 is 5.32 Å². The van der Waals surface area contributed by atoms with Crippen LogP contribution in [0.3, 0.4) is 0 Å². The van der Waals surface area contributed by atoms with E-state index >= 15 is 0 Å². The van der Waals surface area contributed by atoms with Crippen LogP contribution in [0.25, 0.3) is 0 Å². The number of fused-ring (bicyclic) bond motifs is 1. The standard InChI is InChI=1S/C19H16ClF5N4O/c1-3-12(30)29-18-8(2)27-16(13-9(21)5-4-6-10(13)22)14-11(28-18)7-26-17(15(14)20)19(23,24)25/h4-8,12,30H,3H2,1-2H3,(H,28,29). The lowest BCUT2D eigenvalue weighted by atomic mass is 9.99. The topological polar surface area (TPSA) is 69.9 Å². The van der Waals surface area contributed by atoms with Crippen LogP contribution in [0.4, 0.5) is 27.6 Å². The molecule has 3 rings (SSSR count). The predicted octanol–water partition coefficient (Wildman–Crippen LogP) is 4.81. The minimum absolute atomic E-state index is 0.0787. The first-order valence-corrected chi connectivity index (χ1v) is 9.23. The number of pyridine rings is 1. The number of nitrogens with one attached hydrogen (secondary N) is 1. The van der Waals surface area contributed by atoms with Crippen molar-refractivity contribution in [1.29, 1.82) is 0 Å². The molecule has 0 bridgehead atoms. The molecule has 30 heavy (non-hydrogen) atoms. The van der Waals surface area contributed by atoms with Gasteiger partial charge >= 0.3 is 6.18 Å². The van der Waals surface area contributed by atoms with Crippen LogP contribution in [-0.4, -0.2) is 33.9 Å². The van der Waals surface area contributed by atoms with Crippen LogP contribution in [-0.2, 0) is 6.18 Å². The van der Waals surface area contributed by atoms with Gasteiger partial charge in [0.2, 0.25) is 0 Å². The number of hydrogen-bond donors (Lipinski definition) is 2. The highest BCUT2D eigenvalue weighted by Crippen LogP contribution is 2.39. The van der Waals surface area contributed by atoms with E-state index in [1.807, 2.05) is 0 Å². The lowest BCUT2D eigenvalue weighted by Gasteiger charge is -2.17. The van der Waals surface area contributed by atoms with Crippen LogP contribution in [0, 0.1) is 11.6 Å². The molecule has 0 aliphatic carbocycles. The van der Waals surface area contributed by atoms with Gasteiger partial charge in [-0.25, -0.2) is 18.8 Å². The second-order valence-electron chi connectivity index (χ2n) is 6.49. The summed E-state index contributed by atoms with van der Waals surface area (Å²) in [5, 5.41) is 11.7. The van der Waals surface area contributed by atoms with Gasteiger partial charge in [0.15, 0.2) is 5.69 Å². The fourth-order valence-electron chi connectivity index (χ4n) is 2.88. The molecule has 0 radical (unpaired) electrons. The summed E-state index contributed by atoms with van der Waals surface area (Å²) in [5.41, 5.74) is -2.93. The van der Waals surface area contributed by atoms with Gasteiger partial charge in [-0.05, 0) is 25.5 Å². The van der Waals surface area contributed by atoms with E-state index in [1.165, 1.54) is 6.92 Å². The molecule has 1 aliphatic heterocycles. The monoisotopic (exact) mass is 446 g/mol. The Balaban J connectivity index is 2.36. The Morgan fingerprint density at radius 2 is 1.87 bits per heavy atom. The summed E-state index contributed by atoms with van der Waals surface area (Å²) in [6.07, 6.45) is -4.92. The normalized spacial score (nSPS) is 19.0. The van der Waals surface area contributed by atoms with Gasteiger partial charge in [-0.2, -0.15) is 13.2 Å². The van der Waals surface area contributed by atoms with Crippen molar-refractivity contribution in [2.24, 2.45) is 9.98 Å². The second-order valence-corrected chi connectivity index (χ2v) is 6.86. The average molecular weight is 447 g/mol. The highest BCUT2D eigenvalue weighted by Gasteiger charge is 2.39.